The molecule has 0 saturated carbocycles. The number of hydrogen-bond donors (Lipinski definition) is 1. The lowest BCUT2D eigenvalue weighted by atomic mass is 9.89. The number of rotatable bonds is 18. The molecule has 6 heteroatoms. The molecule has 3 atom stereocenters. The molecule has 0 spiro atoms. The number of aldehydes is 1. The zero-order chi connectivity index (χ0) is 29.9. The number of carbonyl (C=O) groups is 1. The topological polar surface area (TPSA) is 38.8 Å². The molecule has 1 aliphatic carbocycles. The van der Waals surface area contributed by atoms with Gasteiger partial charge < -0.3 is 19.9 Å². The molecule has 0 aromatic heterocycles. The molecule has 41 heavy (non-hydrogen) atoms. The van der Waals surface area contributed by atoms with Gasteiger partial charge in [-0.05, 0) is 86.9 Å². The minimum absolute atomic E-state index is 0.0940. The summed E-state index contributed by atoms with van der Waals surface area (Å²) in [5.74, 6) is 0.693. The first kappa shape index (κ1) is 33.4. The molecule has 2 aromatic rings. The molecule has 0 radical (unpaired) electrons. The third kappa shape index (κ3) is 8.47. The Morgan fingerprint density at radius 3 is 2.12 bits per heavy atom. The molecule has 0 aliphatic heterocycles. The molecular weight excluding hydrogens is 524 g/mol. The third-order valence-electron chi connectivity index (χ3n) is 9.13. The van der Waals surface area contributed by atoms with E-state index in [1.54, 1.807) is 0 Å². The van der Waals surface area contributed by atoms with E-state index in [4.69, 9.17) is 6.58 Å². The fraction of sp³-hybridized carbons (Fsp3) is 0.571. The number of benzene rings is 2. The number of fused-ring (bicyclic) bond motifs is 1. The first-order valence-corrected chi connectivity index (χ1v) is 16.4. The second-order valence-corrected chi connectivity index (χ2v) is 12.9. The Bertz CT molecular complexity index is 1080. The average molecular weight is 579 g/mol. The molecule has 1 N–H and O–H groups in total. The summed E-state index contributed by atoms with van der Waals surface area (Å²) >= 11 is 1.85. The Balaban J connectivity index is 1.92. The van der Waals surface area contributed by atoms with E-state index in [-0.39, 0.29) is 18.0 Å². The van der Waals surface area contributed by atoms with Gasteiger partial charge in [0.1, 0.15) is 6.29 Å². The van der Waals surface area contributed by atoms with Crippen LogP contribution in [0.25, 0.3) is 0 Å². The summed E-state index contributed by atoms with van der Waals surface area (Å²) in [7, 11) is 6.38. The monoisotopic (exact) mass is 578 g/mol. The van der Waals surface area contributed by atoms with Crippen molar-refractivity contribution in [3.63, 3.8) is 0 Å². The van der Waals surface area contributed by atoms with Crippen LogP contribution in [0.15, 0.2) is 65.7 Å². The highest BCUT2D eigenvalue weighted by Gasteiger charge is 2.35. The molecule has 226 valence electrons. The van der Waals surface area contributed by atoms with E-state index >= 15 is 0 Å². The fourth-order valence-electron chi connectivity index (χ4n) is 6.46. The van der Waals surface area contributed by atoms with Crippen LogP contribution >= 0.6 is 11.9 Å². The average Bonchev–Trinajstić information content (AvgIpc) is 3.41. The smallest absolute Gasteiger partial charge is 0.142 e. The first-order valence-electron chi connectivity index (χ1n) is 15.6. The summed E-state index contributed by atoms with van der Waals surface area (Å²) in [4.78, 5) is 18.7. The molecule has 0 bridgehead atoms. The maximum absolute atomic E-state index is 12.8. The highest BCUT2D eigenvalue weighted by Crippen LogP contribution is 2.35. The Hall–Kier alpha value is -2.12. The van der Waals surface area contributed by atoms with Crippen LogP contribution in [0.2, 0.25) is 0 Å². The summed E-state index contributed by atoms with van der Waals surface area (Å²) in [5.41, 5.74) is 5.15. The van der Waals surface area contributed by atoms with Gasteiger partial charge >= 0.3 is 0 Å². The molecule has 0 saturated heterocycles. The predicted octanol–water partition coefficient (Wildman–Crippen LogP) is 6.68. The Kier molecular flexibility index (Phi) is 13.4. The molecule has 2 aromatic carbocycles. The van der Waals surface area contributed by atoms with Crippen LogP contribution < -0.4 is 5.32 Å². The van der Waals surface area contributed by atoms with Gasteiger partial charge in [0, 0.05) is 42.3 Å². The van der Waals surface area contributed by atoms with E-state index in [0.29, 0.717) is 18.5 Å². The minimum atomic E-state index is -0.212. The maximum atomic E-state index is 12.8. The van der Waals surface area contributed by atoms with Crippen LogP contribution in [0, 0.1) is 11.8 Å². The largest absolute Gasteiger partial charge is 0.360 e. The third-order valence-corrected chi connectivity index (χ3v) is 10.4. The predicted molar refractivity (Wildman–Crippen MR) is 176 cm³/mol. The lowest BCUT2D eigenvalue weighted by molar-refractivity contribution is -0.114. The van der Waals surface area contributed by atoms with Gasteiger partial charge in [-0.15, -0.1) is 0 Å². The molecule has 5 nitrogen and oxygen atoms in total. The van der Waals surface area contributed by atoms with Crippen LogP contribution in [0.3, 0.4) is 0 Å². The highest BCUT2D eigenvalue weighted by atomic mass is 32.2. The molecule has 3 unspecified atom stereocenters. The van der Waals surface area contributed by atoms with Gasteiger partial charge in [-0.1, -0.05) is 89.6 Å². The van der Waals surface area contributed by atoms with E-state index in [9.17, 15) is 4.79 Å². The first-order chi connectivity index (χ1) is 19.8. The van der Waals surface area contributed by atoms with Gasteiger partial charge in [0.25, 0.3) is 0 Å². The standard InChI is InChI=1S/C35H54N4OS/c1-9-27(10-2)33(25-40)39(26(5)35(36-6)31-21-28-17-13-14-18-29(28)22-31)23-30-19-15-16-20-34(30)41-38(12-4)24-32(11-3)37(7)8/h13-20,25,27,31-33,35-36H,5,9-12,21-24H2,1-4,6-8H3. The molecule has 1 aliphatic rings. The number of nitrogens with one attached hydrogen (secondary N) is 1. The van der Waals surface area contributed by atoms with Crippen molar-refractivity contribution in [3.8, 4) is 0 Å². The Morgan fingerprint density at radius 2 is 1.61 bits per heavy atom. The SMILES string of the molecule is C=C(C(NC)C1Cc2ccccc2C1)N(Cc1ccccc1SN(CC)CC(CC)N(C)C)C(C=O)C(CC)CC. The quantitative estimate of drug-likeness (QED) is 0.157. The Labute approximate surface area is 254 Å². The maximum Gasteiger partial charge on any atom is 0.142 e. The number of nitrogens with zero attached hydrogens (tertiary/aromatic N) is 3. The van der Waals surface area contributed by atoms with E-state index in [0.717, 1.165) is 50.9 Å². The van der Waals surface area contributed by atoms with Crippen LogP contribution in [0.1, 0.15) is 63.6 Å². The van der Waals surface area contributed by atoms with Crippen molar-refractivity contribution in [1.82, 2.24) is 19.4 Å². The normalized spacial score (nSPS) is 15.8. The van der Waals surface area contributed by atoms with Crippen LogP contribution in [-0.4, -0.2) is 72.7 Å². The zero-order valence-electron chi connectivity index (χ0n) is 26.6. The van der Waals surface area contributed by atoms with Gasteiger partial charge in [0.2, 0.25) is 0 Å². The van der Waals surface area contributed by atoms with Crippen molar-refractivity contribution in [2.75, 3.05) is 34.2 Å². The van der Waals surface area contributed by atoms with Crippen molar-refractivity contribution >= 4 is 18.2 Å². The van der Waals surface area contributed by atoms with E-state index in [2.05, 4.69) is 110 Å². The van der Waals surface area contributed by atoms with Crippen LogP contribution in [0.4, 0.5) is 0 Å². The van der Waals surface area contributed by atoms with E-state index < -0.39 is 0 Å². The van der Waals surface area contributed by atoms with Crippen LogP contribution in [0.5, 0.6) is 0 Å². The van der Waals surface area contributed by atoms with Gasteiger partial charge in [-0.2, -0.15) is 0 Å². The summed E-state index contributed by atoms with van der Waals surface area (Å²) in [5, 5.41) is 3.62. The molecule has 0 heterocycles. The lowest BCUT2D eigenvalue weighted by Gasteiger charge is -2.41. The number of likely N-dealkylation sites (N-methyl/N-ethyl adjacent to an activating group) is 3. The fourth-order valence-corrected chi connectivity index (χ4v) is 7.50. The number of carbonyl (C=O) groups excluding carboxylic acids is 1. The molecule has 3 rings (SSSR count). The number of hydrogen-bond acceptors (Lipinski definition) is 6. The summed E-state index contributed by atoms with van der Waals surface area (Å²) in [6.07, 6.45) is 6.29. The molecule has 0 fully saturated rings. The van der Waals surface area contributed by atoms with E-state index in [1.807, 2.05) is 19.0 Å². The van der Waals surface area contributed by atoms with Gasteiger partial charge in [0.05, 0.1) is 6.04 Å². The molecule has 0 amide bonds. The van der Waals surface area contributed by atoms with Crippen molar-refractivity contribution in [2.45, 2.75) is 89.4 Å². The summed E-state index contributed by atoms with van der Waals surface area (Å²) < 4.78 is 2.47. The lowest BCUT2D eigenvalue weighted by Crippen LogP contribution is -2.48. The highest BCUT2D eigenvalue weighted by molar-refractivity contribution is 7.97. The summed E-state index contributed by atoms with van der Waals surface area (Å²) in [6.45, 7) is 16.2. The van der Waals surface area contributed by atoms with Gasteiger partial charge in [-0.3, -0.25) is 0 Å². The second kappa shape index (κ2) is 16.5. The van der Waals surface area contributed by atoms with Gasteiger partial charge in [-0.25, -0.2) is 4.31 Å². The molecular formula is C35H54N4OS. The zero-order valence-corrected chi connectivity index (χ0v) is 27.4. The van der Waals surface area contributed by atoms with Gasteiger partial charge in [0.15, 0.2) is 0 Å². The minimum Gasteiger partial charge on any atom is -0.360 e. The van der Waals surface area contributed by atoms with Crippen molar-refractivity contribution in [1.29, 1.82) is 0 Å². The Morgan fingerprint density at radius 1 is 1.00 bits per heavy atom. The second-order valence-electron chi connectivity index (χ2n) is 11.7. The van der Waals surface area contributed by atoms with Crippen molar-refractivity contribution in [3.05, 3.63) is 77.5 Å². The van der Waals surface area contributed by atoms with Crippen molar-refractivity contribution in [2.24, 2.45) is 11.8 Å². The summed E-state index contributed by atoms with van der Waals surface area (Å²) in [6, 6.07) is 17.9. The van der Waals surface area contributed by atoms with Crippen LogP contribution in [-0.2, 0) is 24.2 Å². The van der Waals surface area contributed by atoms with Crippen molar-refractivity contribution < 1.29 is 4.79 Å². The van der Waals surface area contributed by atoms with E-state index in [1.165, 1.54) is 27.9 Å².